The monoisotopic (exact) mass is 1560 g/mol. The Hall–Kier alpha value is -13.4. The van der Waals surface area contributed by atoms with E-state index in [-0.39, 0.29) is 0 Å². The highest BCUT2D eigenvalue weighted by atomic mass is 16.5. The summed E-state index contributed by atoms with van der Waals surface area (Å²) in [6, 6.07) is 48.9. The molecule has 0 spiro atoms. The summed E-state index contributed by atoms with van der Waals surface area (Å²) in [7, 11) is 5.07. The van der Waals surface area contributed by atoms with Crippen LogP contribution in [0.5, 0.6) is 17.2 Å². The molecule has 3 saturated heterocycles. The molecule has 588 valence electrons. The number of hydrogen-bond acceptors (Lipinski definition) is 22. The summed E-state index contributed by atoms with van der Waals surface area (Å²) < 4.78 is 50.9. The van der Waals surface area contributed by atoms with Crippen molar-refractivity contribution >= 4 is 115 Å². The number of aromatic nitrogens is 13. The molecule has 117 heavy (non-hydrogen) atoms. The normalized spacial score (nSPS) is 14.1. The van der Waals surface area contributed by atoms with Gasteiger partial charge in [-0.1, -0.05) is 88.3 Å². The van der Waals surface area contributed by atoms with Crippen LogP contribution < -0.4 is 28.9 Å². The van der Waals surface area contributed by atoms with E-state index in [9.17, 15) is 0 Å². The van der Waals surface area contributed by atoms with Crippen molar-refractivity contribution in [1.82, 2.24) is 65.3 Å². The molecule has 3 N–H and O–H groups in total. The fraction of sp³-hybridized carbons (Fsp3) is 0.261. The van der Waals surface area contributed by atoms with Gasteiger partial charge in [0.25, 0.3) is 0 Å². The van der Waals surface area contributed by atoms with E-state index in [4.69, 9.17) is 76.9 Å². The lowest BCUT2D eigenvalue weighted by atomic mass is 9.96. The van der Waals surface area contributed by atoms with Crippen LogP contribution in [0.3, 0.4) is 0 Å². The van der Waals surface area contributed by atoms with Gasteiger partial charge in [-0.25, -0.2) is 34.9 Å². The van der Waals surface area contributed by atoms with E-state index in [0.717, 1.165) is 278 Å². The Balaban J connectivity index is 0.000000117. The van der Waals surface area contributed by atoms with Crippen LogP contribution in [0.2, 0.25) is 0 Å². The van der Waals surface area contributed by atoms with E-state index in [1.54, 1.807) is 21.3 Å². The van der Waals surface area contributed by atoms with Crippen molar-refractivity contribution < 1.29 is 42.0 Å². The maximum absolute atomic E-state index is 5.90. The number of morpholine rings is 3. The molecule has 3 aliphatic rings. The van der Waals surface area contributed by atoms with Gasteiger partial charge in [0.2, 0.25) is 0 Å². The molecule has 10 aromatic heterocycles. The number of nitrogens with zero attached hydrogens (tertiary/aromatic N) is 13. The number of aryl methyl sites for hydroxylation is 9. The van der Waals surface area contributed by atoms with Gasteiger partial charge < -0.3 is 71.6 Å². The molecule has 8 aromatic carbocycles. The first-order valence-corrected chi connectivity index (χ1v) is 39.4. The molecule has 25 nitrogen and oxygen atoms in total. The highest BCUT2D eigenvalue weighted by Crippen LogP contribution is 2.48. The summed E-state index contributed by atoms with van der Waals surface area (Å²) >= 11 is 0. The third-order valence-electron chi connectivity index (χ3n) is 22.8. The van der Waals surface area contributed by atoms with E-state index in [1.807, 2.05) is 74.4 Å². The van der Waals surface area contributed by atoms with Gasteiger partial charge in [-0.05, 0) is 145 Å². The summed E-state index contributed by atoms with van der Waals surface area (Å²) in [5.41, 5.74) is 22.5. The molecular formula is C92H86N16O9. The average Bonchev–Trinajstić information content (AvgIpc) is 1.67. The zero-order chi connectivity index (χ0) is 80.0. The van der Waals surface area contributed by atoms with Crippen LogP contribution >= 0.6 is 0 Å². The third-order valence-corrected chi connectivity index (χ3v) is 22.8. The van der Waals surface area contributed by atoms with Crippen molar-refractivity contribution in [3.8, 4) is 84.4 Å². The standard InChI is InChI=1S/2C31H29N5O3.C30H28N6O3/c1-17-28(18(2)39-35-17)25-15-26-24(16-27(25)37-4)29-30(32-19(3)33-31(29)34-26)23-14-21(36-9-11-38-12-10-36)13-20-7-5-6-8-22(20)23;1-17-28(18(2)39-35-17)24-15-25-23(16-27(24)37-4)29-30(32-19(3)33-31(29)34-25)22-9-10-26(36-11-13-38-14-12-36)21-8-6-5-7-20(21)22;1-16-27(17(2)39-35-16)22-13-24-21(14-25(22)37-4)28-29(31-18(3)32-30(28)34-24)20-15-26(36-9-11-38-12-10-36)33-23-8-6-5-7-19(20)23/h5-8,13-16H,9-12H2,1-4H3,(H,32,33,34);5-10,15-16H,11-14H2,1-4H3,(H,32,33,34);5-8,13-15H,9-12H2,1-4H3,(H,31,32,34). The zero-order valence-corrected chi connectivity index (χ0v) is 67.3. The van der Waals surface area contributed by atoms with Gasteiger partial charge >= 0.3 is 0 Å². The fourth-order valence-corrected chi connectivity index (χ4v) is 17.5. The molecule has 21 rings (SSSR count). The van der Waals surface area contributed by atoms with Crippen LogP contribution in [0.25, 0.3) is 165 Å². The first kappa shape index (κ1) is 73.8. The Morgan fingerprint density at radius 3 is 1.17 bits per heavy atom. The quantitative estimate of drug-likeness (QED) is 0.102. The van der Waals surface area contributed by atoms with Gasteiger partial charge in [-0.15, -0.1) is 0 Å². The number of anilines is 3. The molecule has 18 aromatic rings. The van der Waals surface area contributed by atoms with E-state index < -0.39 is 0 Å². The van der Waals surface area contributed by atoms with Gasteiger partial charge in [0.15, 0.2) is 0 Å². The molecule has 0 unspecified atom stereocenters. The molecule has 3 aliphatic heterocycles. The number of para-hydroxylation sites is 1. The summed E-state index contributed by atoms with van der Waals surface area (Å²) in [5.74, 6) is 7.52. The SMILES string of the molecule is COc1cc2c(cc1-c1c(C)noc1C)[nH]c1nc(C)nc(-c3cc(N4CCOCC4)cc4ccccc34)c12.COc1cc2c(cc1-c1c(C)noc1C)[nH]c1nc(C)nc(-c3cc(N4CCOCC4)nc4ccccc34)c12.COc1cc2c(cc1-c1c(C)noc1C)[nH]c1nc(C)nc(-c3ccc(N4CCOCC4)c4ccccc34)c12. The fourth-order valence-electron chi connectivity index (χ4n) is 17.5. The van der Waals surface area contributed by atoms with E-state index in [1.165, 1.54) is 22.1 Å². The summed E-state index contributed by atoms with van der Waals surface area (Å²) in [6.07, 6.45) is 0. The minimum Gasteiger partial charge on any atom is -0.496 e. The summed E-state index contributed by atoms with van der Waals surface area (Å²) in [4.78, 5) is 52.2. The molecule has 0 amide bonds. The lowest BCUT2D eigenvalue weighted by Crippen LogP contribution is -2.36. The molecule has 0 aliphatic carbocycles. The second-order valence-corrected chi connectivity index (χ2v) is 30.0. The maximum atomic E-state index is 5.90. The number of nitrogens with one attached hydrogen (secondary N) is 3. The highest BCUT2D eigenvalue weighted by Gasteiger charge is 2.29. The van der Waals surface area contributed by atoms with Crippen LogP contribution in [0.1, 0.15) is 51.8 Å². The number of fused-ring (bicyclic) bond motifs is 12. The first-order valence-electron chi connectivity index (χ1n) is 39.4. The van der Waals surface area contributed by atoms with Gasteiger partial charge in [0.05, 0.1) is 133 Å². The van der Waals surface area contributed by atoms with Crippen molar-refractivity contribution in [1.29, 1.82) is 0 Å². The number of benzene rings is 8. The van der Waals surface area contributed by atoms with Crippen molar-refractivity contribution in [2.75, 3.05) is 115 Å². The van der Waals surface area contributed by atoms with Crippen LogP contribution in [-0.4, -0.2) is 166 Å². The number of H-pyrrole nitrogens is 3. The molecule has 13 heterocycles. The lowest BCUT2D eigenvalue weighted by molar-refractivity contribution is 0.122. The topological polar surface area (TPSA) is 281 Å². The second-order valence-electron chi connectivity index (χ2n) is 30.0. The molecule has 0 saturated carbocycles. The molecular weight excluding hydrogens is 1470 g/mol. The Labute approximate surface area is 672 Å². The predicted octanol–water partition coefficient (Wildman–Crippen LogP) is 18.5. The lowest BCUT2D eigenvalue weighted by Gasteiger charge is -2.30. The molecule has 0 bridgehead atoms. The minimum absolute atomic E-state index is 0.691. The number of methoxy groups -OCH3 is 3. The minimum atomic E-state index is 0.691. The molecule has 0 atom stereocenters. The van der Waals surface area contributed by atoms with Gasteiger partial charge in [0.1, 0.15) is 74.8 Å². The first-order chi connectivity index (χ1) is 57.1. The van der Waals surface area contributed by atoms with Crippen molar-refractivity contribution in [2.45, 2.75) is 62.3 Å². The van der Waals surface area contributed by atoms with Crippen LogP contribution in [0.4, 0.5) is 17.2 Å². The summed E-state index contributed by atoms with van der Waals surface area (Å²) in [6.45, 7) is 26.8. The number of ether oxygens (including phenoxy) is 6. The Morgan fingerprint density at radius 1 is 0.333 bits per heavy atom. The Morgan fingerprint density at radius 2 is 0.726 bits per heavy atom. The predicted molar refractivity (Wildman–Crippen MR) is 459 cm³/mol. The number of hydrogen-bond donors (Lipinski definition) is 3. The Kier molecular flexibility index (Phi) is 19.0. The highest BCUT2D eigenvalue weighted by molar-refractivity contribution is 6.19. The van der Waals surface area contributed by atoms with Crippen LogP contribution in [0.15, 0.2) is 153 Å². The Bertz CT molecular complexity index is 6620. The van der Waals surface area contributed by atoms with Crippen LogP contribution in [0, 0.1) is 62.3 Å². The maximum Gasteiger partial charge on any atom is 0.142 e. The van der Waals surface area contributed by atoms with E-state index in [0.29, 0.717) is 30.7 Å². The van der Waals surface area contributed by atoms with Gasteiger partial charge in [0, 0.05) is 128 Å². The zero-order valence-electron chi connectivity index (χ0n) is 67.3. The summed E-state index contributed by atoms with van der Waals surface area (Å²) in [5, 5.41) is 24.1. The van der Waals surface area contributed by atoms with Gasteiger partial charge in [-0.3, -0.25) is 0 Å². The van der Waals surface area contributed by atoms with E-state index >= 15 is 0 Å². The molecule has 0 radical (unpaired) electrons. The van der Waals surface area contributed by atoms with Crippen molar-refractivity contribution in [3.63, 3.8) is 0 Å². The van der Waals surface area contributed by atoms with Gasteiger partial charge in [-0.2, -0.15) is 0 Å². The van der Waals surface area contributed by atoms with E-state index in [2.05, 4.69) is 173 Å². The van der Waals surface area contributed by atoms with Crippen molar-refractivity contribution in [2.24, 2.45) is 0 Å². The average molecular weight is 1560 g/mol. The molecule has 25 heteroatoms. The van der Waals surface area contributed by atoms with Crippen molar-refractivity contribution in [3.05, 3.63) is 191 Å². The largest absolute Gasteiger partial charge is 0.496 e. The number of aromatic amines is 3. The smallest absolute Gasteiger partial charge is 0.142 e. The molecule has 3 fully saturated rings. The number of rotatable bonds is 12. The number of pyridine rings is 1. The van der Waals surface area contributed by atoms with Crippen LogP contribution in [-0.2, 0) is 14.2 Å². The second kappa shape index (κ2) is 30.1. The third kappa shape index (κ3) is 13.1.